The van der Waals surface area contributed by atoms with Crippen LogP contribution in [0.1, 0.15) is 6.92 Å². The van der Waals surface area contributed by atoms with Gasteiger partial charge in [0.2, 0.25) is 0 Å². The second kappa shape index (κ2) is 7.30. The number of hydrogen-bond acceptors (Lipinski definition) is 6. The molecular weight excluding hydrogens is 358 g/mol. The SMILES string of the molecule is CC1CN(c2ccc(NS(=O)(=O)c3cccc([N+](=O)[O-])c3)cc2)CCO1. The van der Waals surface area contributed by atoms with Crippen molar-refractivity contribution in [1.29, 1.82) is 0 Å². The molecule has 0 bridgehead atoms. The Morgan fingerprint density at radius 1 is 1.23 bits per heavy atom. The average molecular weight is 377 g/mol. The van der Waals surface area contributed by atoms with E-state index in [-0.39, 0.29) is 16.7 Å². The highest BCUT2D eigenvalue weighted by Crippen LogP contribution is 2.23. The summed E-state index contributed by atoms with van der Waals surface area (Å²) in [5.74, 6) is 0. The Morgan fingerprint density at radius 2 is 1.96 bits per heavy atom. The molecule has 1 aliphatic heterocycles. The summed E-state index contributed by atoms with van der Waals surface area (Å²) < 4.78 is 32.8. The molecule has 1 saturated heterocycles. The molecule has 3 rings (SSSR count). The van der Waals surface area contributed by atoms with Crippen molar-refractivity contribution in [3.05, 3.63) is 58.6 Å². The van der Waals surface area contributed by atoms with Gasteiger partial charge in [-0.05, 0) is 37.3 Å². The van der Waals surface area contributed by atoms with Crippen LogP contribution >= 0.6 is 0 Å². The van der Waals surface area contributed by atoms with Gasteiger partial charge in [-0.15, -0.1) is 0 Å². The molecule has 26 heavy (non-hydrogen) atoms. The number of nitro benzene ring substituents is 1. The standard InChI is InChI=1S/C17H19N3O5S/c1-13-12-19(9-10-25-13)15-7-5-14(6-8-15)18-26(23,24)17-4-2-3-16(11-17)20(21)22/h2-8,11,13,18H,9-10,12H2,1H3. The monoisotopic (exact) mass is 377 g/mol. The molecular formula is C17H19N3O5S. The van der Waals surface area contributed by atoms with Crippen molar-refractivity contribution < 1.29 is 18.1 Å². The molecule has 0 spiro atoms. The second-order valence-corrected chi connectivity index (χ2v) is 7.72. The number of benzene rings is 2. The maximum absolute atomic E-state index is 12.4. The molecule has 1 fully saturated rings. The molecule has 2 aromatic carbocycles. The molecule has 0 saturated carbocycles. The summed E-state index contributed by atoms with van der Waals surface area (Å²) in [7, 11) is -3.90. The summed E-state index contributed by atoms with van der Waals surface area (Å²) in [6.45, 7) is 4.22. The quantitative estimate of drug-likeness (QED) is 0.635. The molecule has 2 aromatic rings. The van der Waals surface area contributed by atoms with Gasteiger partial charge >= 0.3 is 0 Å². The van der Waals surface area contributed by atoms with E-state index < -0.39 is 14.9 Å². The number of hydrogen-bond donors (Lipinski definition) is 1. The number of ether oxygens (including phenoxy) is 1. The smallest absolute Gasteiger partial charge is 0.270 e. The second-order valence-electron chi connectivity index (χ2n) is 6.03. The number of nitrogens with one attached hydrogen (secondary N) is 1. The number of rotatable bonds is 5. The number of morpholine rings is 1. The number of nitro groups is 1. The van der Waals surface area contributed by atoms with Gasteiger partial charge in [0.1, 0.15) is 0 Å². The van der Waals surface area contributed by atoms with Gasteiger partial charge in [-0.3, -0.25) is 14.8 Å². The fourth-order valence-corrected chi connectivity index (χ4v) is 3.87. The molecule has 1 aliphatic rings. The molecule has 0 radical (unpaired) electrons. The molecule has 0 aromatic heterocycles. The number of nitrogens with zero attached hydrogens (tertiary/aromatic N) is 2. The zero-order valence-corrected chi connectivity index (χ0v) is 15.0. The molecule has 1 unspecified atom stereocenters. The highest BCUT2D eigenvalue weighted by molar-refractivity contribution is 7.92. The van der Waals surface area contributed by atoms with Crippen LogP contribution in [0.25, 0.3) is 0 Å². The van der Waals surface area contributed by atoms with Crippen LogP contribution in [-0.2, 0) is 14.8 Å². The molecule has 0 aliphatic carbocycles. The van der Waals surface area contributed by atoms with Crippen molar-refractivity contribution in [2.24, 2.45) is 0 Å². The third kappa shape index (κ3) is 4.12. The van der Waals surface area contributed by atoms with Gasteiger partial charge < -0.3 is 9.64 Å². The minimum absolute atomic E-state index is 0.149. The predicted octanol–water partition coefficient (Wildman–Crippen LogP) is 2.62. The van der Waals surface area contributed by atoms with Crippen LogP contribution in [0, 0.1) is 10.1 Å². The molecule has 1 N–H and O–H groups in total. The zero-order chi connectivity index (χ0) is 18.7. The van der Waals surface area contributed by atoms with Crippen LogP contribution in [-0.4, -0.2) is 39.1 Å². The third-order valence-corrected chi connectivity index (χ3v) is 5.44. The molecule has 1 atom stereocenters. The topological polar surface area (TPSA) is 102 Å². The van der Waals surface area contributed by atoms with Crippen molar-refractivity contribution in [3.63, 3.8) is 0 Å². The van der Waals surface area contributed by atoms with Gasteiger partial charge in [-0.2, -0.15) is 0 Å². The first-order valence-electron chi connectivity index (χ1n) is 8.09. The van der Waals surface area contributed by atoms with E-state index in [0.29, 0.717) is 12.3 Å². The van der Waals surface area contributed by atoms with Crippen molar-refractivity contribution in [2.75, 3.05) is 29.3 Å². The van der Waals surface area contributed by atoms with E-state index in [0.717, 1.165) is 24.8 Å². The fraction of sp³-hybridized carbons (Fsp3) is 0.294. The highest BCUT2D eigenvalue weighted by atomic mass is 32.2. The van der Waals surface area contributed by atoms with E-state index in [9.17, 15) is 18.5 Å². The minimum Gasteiger partial charge on any atom is -0.375 e. The first kappa shape index (κ1) is 18.2. The van der Waals surface area contributed by atoms with Crippen LogP contribution in [0.3, 0.4) is 0 Å². The summed E-state index contributed by atoms with van der Waals surface area (Å²) in [4.78, 5) is 12.2. The van der Waals surface area contributed by atoms with Crippen molar-refractivity contribution in [1.82, 2.24) is 0 Å². The van der Waals surface area contributed by atoms with Crippen LogP contribution in [0.5, 0.6) is 0 Å². The normalized spacial score (nSPS) is 17.7. The third-order valence-electron chi connectivity index (χ3n) is 4.06. The summed E-state index contributed by atoms with van der Waals surface area (Å²) in [6.07, 6.45) is 0.149. The van der Waals surface area contributed by atoms with Crippen molar-refractivity contribution >= 4 is 27.1 Å². The summed E-state index contributed by atoms with van der Waals surface area (Å²) in [6, 6.07) is 12.0. The lowest BCUT2D eigenvalue weighted by Gasteiger charge is -2.33. The summed E-state index contributed by atoms with van der Waals surface area (Å²) in [5.41, 5.74) is 1.10. The zero-order valence-electron chi connectivity index (χ0n) is 14.2. The lowest BCUT2D eigenvalue weighted by Crippen LogP contribution is -2.41. The first-order valence-corrected chi connectivity index (χ1v) is 9.57. The van der Waals surface area contributed by atoms with Gasteiger partial charge in [0.15, 0.2) is 0 Å². The Labute approximate surface area is 151 Å². The number of sulfonamides is 1. The van der Waals surface area contributed by atoms with E-state index >= 15 is 0 Å². The van der Waals surface area contributed by atoms with E-state index in [2.05, 4.69) is 9.62 Å². The van der Waals surface area contributed by atoms with E-state index in [1.54, 1.807) is 12.1 Å². The Bertz CT molecular complexity index is 899. The minimum atomic E-state index is -3.90. The van der Waals surface area contributed by atoms with E-state index in [1.165, 1.54) is 18.2 Å². The van der Waals surface area contributed by atoms with Crippen LogP contribution < -0.4 is 9.62 Å². The van der Waals surface area contributed by atoms with Gasteiger partial charge in [-0.1, -0.05) is 6.07 Å². The fourth-order valence-electron chi connectivity index (χ4n) is 2.77. The van der Waals surface area contributed by atoms with Crippen LogP contribution in [0.4, 0.5) is 17.1 Å². The molecule has 8 nitrogen and oxygen atoms in total. The molecule has 0 amide bonds. The van der Waals surface area contributed by atoms with Gasteiger partial charge in [-0.25, -0.2) is 8.42 Å². The van der Waals surface area contributed by atoms with Gasteiger partial charge in [0.05, 0.1) is 22.5 Å². The summed E-state index contributed by atoms with van der Waals surface area (Å²) in [5, 5.41) is 10.8. The van der Waals surface area contributed by atoms with Crippen molar-refractivity contribution in [2.45, 2.75) is 17.9 Å². The van der Waals surface area contributed by atoms with Gasteiger partial charge in [0.25, 0.3) is 15.7 Å². The molecule has 9 heteroatoms. The largest absolute Gasteiger partial charge is 0.375 e. The highest BCUT2D eigenvalue weighted by Gasteiger charge is 2.19. The Kier molecular flexibility index (Phi) is 5.10. The predicted molar refractivity (Wildman–Crippen MR) is 98.0 cm³/mol. The Hall–Kier alpha value is -2.65. The average Bonchev–Trinajstić information content (AvgIpc) is 2.62. The number of non-ortho nitro benzene ring substituents is 1. The summed E-state index contributed by atoms with van der Waals surface area (Å²) >= 11 is 0. The van der Waals surface area contributed by atoms with Gasteiger partial charge in [0, 0.05) is 36.6 Å². The lowest BCUT2D eigenvalue weighted by atomic mass is 10.2. The van der Waals surface area contributed by atoms with Crippen LogP contribution in [0.2, 0.25) is 0 Å². The number of anilines is 2. The Balaban J connectivity index is 1.76. The first-order chi connectivity index (χ1) is 12.3. The van der Waals surface area contributed by atoms with E-state index in [4.69, 9.17) is 4.74 Å². The maximum Gasteiger partial charge on any atom is 0.270 e. The lowest BCUT2D eigenvalue weighted by molar-refractivity contribution is -0.385. The molecule has 1 heterocycles. The Morgan fingerprint density at radius 3 is 2.62 bits per heavy atom. The molecule has 138 valence electrons. The maximum atomic E-state index is 12.4. The van der Waals surface area contributed by atoms with Crippen LogP contribution in [0.15, 0.2) is 53.4 Å². The van der Waals surface area contributed by atoms with E-state index in [1.807, 2.05) is 19.1 Å². The van der Waals surface area contributed by atoms with Crippen molar-refractivity contribution in [3.8, 4) is 0 Å².